The van der Waals surface area contributed by atoms with Gasteiger partial charge in [0, 0.05) is 5.69 Å². The summed E-state index contributed by atoms with van der Waals surface area (Å²) in [5, 5.41) is 3.26. The third-order valence-corrected chi connectivity index (χ3v) is 3.48. The molecule has 1 atom stereocenters. The summed E-state index contributed by atoms with van der Waals surface area (Å²) in [6.45, 7) is 4.08. The number of rotatable bonds is 5. The molecule has 0 aliphatic heterocycles. The smallest absolute Gasteiger partial charge is 0.244 e. The van der Waals surface area contributed by atoms with Crippen molar-refractivity contribution in [1.29, 1.82) is 0 Å². The first kappa shape index (κ1) is 14.1. The first-order chi connectivity index (χ1) is 9.63. The van der Waals surface area contributed by atoms with Gasteiger partial charge in [0.1, 0.15) is 6.04 Å². The Balaban J connectivity index is 2.37. The Bertz CT molecular complexity index is 607. The van der Waals surface area contributed by atoms with Crippen molar-refractivity contribution in [1.82, 2.24) is 0 Å². The average Bonchev–Trinajstić information content (AvgIpc) is 2.46. The van der Waals surface area contributed by atoms with E-state index in [-0.39, 0.29) is 5.91 Å². The maximum atomic E-state index is 11.8. The molecule has 0 saturated carbocycles. The molecule has 0 heterocycles. The normalized spacial score (nSPS) is 11.9. The van der Waals surface area contributed by atoms with Gasteiger partial charge in [-0.05, 0) is 36.1 Å². The molecule has 0 saturated heterocycles. The van der Waals surface area contributed by atoms with Gasteiger partial charge in [0.05, 0.1) is 0 Å². The number of hydrogen-bond acceptors (Lipinski definition) is 2. The van der Waals surface area contributed by atoms with E-state index in [1.54, 1.807) is 0 Å². The monoisotopic (exact) mass is 268 g/mol. The molecule has 0 aliphatic rings. The molecule has 1 unspecified atom stereocenters. The Hall–Kier alpha value is -2.29. The fourth-order valence-corrected chi connectivity index (χ4v) is 2.33. The molecule has 2 aromatic rings. The fraction of sp³-hybridized carbons (Fsp3) is 0.235. The van der Waals surface area contributed by atoms with E-state index < -0.39 is 6.04 Å². The molecule has 0 spiro atoms. The number of hydrogen-bond donors (Lipinski definition) is 2. The Kier molecular flexibility index (Phi) is 4.41. The van der Waals surface area contributed by atoms with Gasteiger partial charge >= 0.3 is 0 Å². The number of primary amides is 1. The summed E-state index contributed by atoms with van der Waals surface area (Å²) >= 11 is 0. The lowest BCUT2D eigenvalue weighted by atomic mass is 9.97. The highest BCUT2D eigenvalue weighted by molar-refractivity contribution is 5.85. The third-order valence-electron chi connectivity index (χ3n) is 3.48. The fourth-order valence-electron chi connectivity index (χ4n) is 2.33. The molecular formula is C17H20N2O. The Morgan fingerprint density at radius 3 is 2.45 bits per heavy atom. The number of aryl methyl sites for hydroxylation is 2. The highest BCUT2D eigenvalue weighted by Crippen LogP contribution is 2.24. The number of amides is 1. The largest absolute Gasteiger partial charge is 0.370 e. The second-order valence-electron chi connectivity index (χ2n) is 4.85. The van der Waals surface area contributed by atoms with E-state index in [4.69, 9.17) is 5.73 Å². The van der Waals surface area contributed by atoms with Gasteiger partial charge in [0.25, 0.3) is 0 Å². The van der Waals surface area contributed by atoms with Crippen molar-refractivity contribution in [3.05, 3.63) is 65.2 Å². The lowest BCUT2D eigenvalue weighted by molar-refractivity contribution is -0.118. The van der Waals surface area contributed by atoms with Crippen molar-refractivity contribution in [3.8, 4) is 0 Å². The van der Waals surface area contributed by atoms with Crippen LogP contribution in [0.2, 0.25) is 0 Å². The van der Waals surface area contributed by atoms with Crippen LogP contribution < -0.4 is 11.1 Å². The van der Waals surface area contributed by atoms with E-state index in [2.05, 4.69) is 12.2 Å². The summed E-state index contributed by atoms with van der Waals surface area (Å²) in [6.07, 6.45) is 0.870. The summed E-state index contributed by atoms with van der Waals surface area (Å²) < 4.78 is 0. The molecule has 3 N–H and O–H groups in total. The van der Waals surface area contributed by atoms with Crippen LogP contribution in [0.4, 0.5) is 5.69 Å². The molecule has 0 aromatic heterocycles. The zero-order valence-corrected chi connectivity index (χ0v) is 11.9. The van der Waals surface area contributed by atoms with Crippen molar-refractivity contribution < 1.29 is 4.79 Å². The van der Waals surface area contributed by atoms with Crippen molar-refractivity contribution >= 4 is 11.6 Å². The predicted molar refractivity (Wildman–Crippen MR) is 82.6 cm³/mol. The first-order valence-corrected chi connectivity index (χ1v) is 6.82. The second kappa shape index (κ2) is 6.24. The molecule has 20 heavy (non-hydrogen) atoms. The van der Waals surface area contributed by atoms with Crippen molar-refractivity contribution in [2.24, 2.45) is 5.73 Å². The number of nitrogens with one attached hydrogen (secondary N) is 1. The van der Waals surface area contributed by atoms with E-state index in [9.17, 15) is 4.79 Å². The van der Waals surface area contributed by atoms with Gasteiger partial charge in [0.15, 0.2) is 0 Å². The van der Waals surface area contributed by atoms with E-state index in [1.165, 1.54) is 0 Å². The second-order valence-corrected chi connectivity index (χ2v) is 4.85. The van der Waals surface area contributed by atoms with E-state index >= 15 is 0 Å². The molecule has 104 valence electrons. The number of benzene rings is 2. The third kappa shape index (κ3) is 2.99. The maximum absolute atomic E-state index is 11.8. The number of nitrogens with two attached hydrogens (primary N) is 1. The number of para-hydroxylation sites is 1. The van der Waals surface area contributed by atoms with Crippen LogP contribution in [0.3, 0.4) is 0 Å². The SMILES string of the molecule is CCc1ccccc1C(Nc1ccccc1C)C(N)=O. The van der Waals surface area contributed by atoms with Gasteiger partial charge in [-0.1, -0.05) is 49.4 Å². The molecule has 0 fully saturated rings. The molecule has 1 amide bonds. The zero-order valence-electron chi connectivity index (χ0n) is 11.9. The number of anilines is 1. The number of carbonyl (C=O) groups excluding carboxylic acids is 1. The van der Waals surface area contributed by atoms with Gasteiger partial charge in [-0.3, -0.25) is 4.79 Å². The van der Waals surface area contributed by atoms with Crippen LogP contribution >= 0.6 is 0 Å². The molecule has 0 aliphatic carbocycles. The van der Waals surface area contributed by atoms with Crippen LogP contribution in [-0.4, -0.2) is 5.91 Å². The molecule has 0 radical (unpaired) electrons. The summed E-state index contributed by atoms with van der Waals surface area (Å²) in [5.41, 5.74) is 9.70. The number of carbonyl (C=O) groups is 1. The minimum Gasteiger partial charge on any atom is -0.370 e. The van der Waals surface area contributed by atoms with Gasteiger partial charge in [-0.15, -0.1) is 0 Å². The zero-order chi connectivity index (χ0) is 14.5. The van der Waals surface area contributed by atoms with Crippen LogP contribution in [0.1, 0.15) is 29.7 Å². The minimum absolute atomic E-state index is 0.367. The summed E-state index contributed by atoms with van der Waals surface area (Å²) in [7, 11) is 0. The lowest BCUT2D eigenvalue weighted by Crippen LogP contribution is -2.28. The molecule has 2 rings (SSSR count). The molecule has 3 nitrogen and oxygen atoms in total. The van der Waals surface area contributed by atoms with Crippen LogP contribution in [0.15, 0.2) is 48.5 Å². The van der Waals surface area contributed by atoms with Crippen LogP contribution in [0.25, 0.3) is 0 Å². The van der Waals surface area contributed by atoms with Crippen molar-refractivity contribution in [2.45, 2.75) is 26.3 Å². The van der Waals surface area contributed by atoms with E-state index in [0.29, 0.717) is 0 Å². The van der Waals surface area contributed by atoms with E-state index in [1.807, 2.05) is 55.5 Å². The Morgan fingerprint density at radius 2 is 1.80 bits per heavy atom. The average molecular weight is 268 g/mol. The Morgan fingerprint density at radius 1 is 1.15 bits per heavy atom. The summed E-state index contributed by atoms with van der Waals surface area (Å²) in [4.78, 5) is 11.8. The van der Waals surface area contributed by atoms with Gasteiger partial charge in [-0.2, -0.15) is 0 Å². The minimum atomic E-state index is -0.507. The van der Waals surface area contributed by atoms with Gasteiger partial charge < -0.3 is 11.1 Å². The maximum Gasteiger partial charge on any atom is 0.244 e. The molecule has 0 bridgehead atoms. The molecule has 3 heteroatoms. The first-order valence-electron chi connectivity index (χ1n) is 6.82. The quantitative estimate of drug-likeness (QED) is 0.875. The Labute approximate surface area is 119 Å². The summed E-state index contributed by atoms with van der Waals surface area (Å²) in [5.74, 6) is -0.367. The molecule has 2 aromatic carbocycles. The van der Waals surface area contributed by atoms with Crippen molar-refractivity contribution in [3.63, 3.8) is 0 Å². The lowest BCUT2D eigenvalue weighted by Gasteiger charge is -2.21. The van der Waals surface area contributed by atoms with Crippen molar-refractivity contribution in [2.75, 3.05) is 5.32 Å². The van der Waals surface area contributed by atoms with Gasteiger partial charge in [0.2, 0.25) is 5.91 Å². The topological polar surface area (TPSA) is 55.1 Å². The van der Waals surface area contributed by atoms with E-state index in [0.717, 1.165) is 28.8 Å². The highest BCUT2D eigenvalue weighted by atomic mass is 16.1. The van der Waals surface area contributed by atoms with Crippen LogP contribution in [-0.2, 0) is 11.2 Å². The molecular weight excluding hydrogens is 248 g/mol. The summed E-state index contributed by atoms with van der Waals surface area (Å²) in [6, 6.07) is 15.3. The highest BCUT2D eigenvalue weighted by Gasteiger charge is 2.20. The van der Waals surface area contributed by atoms with Crippen LogP contribution in [0.5, 0.6) is 0 Å². The van der Waals surface area contributed by atoms with Gasteiger partial charge in [-0.25, -0.2) is 0 Å². The predicted octanol–water partition coefficient (Wildman–Crippen LogP) is 3.20. The van der Waals surface area contributed by atoms with Crippen LogP contribution in [0, 0.1) is 6.92 Å². The standard InChI is InChI=1S/C17H20N2O/c1-3-13-9-5-6-10-14(13)16(17(18)20)19-15-11-7-4-8-12(15)2/h4-11,16,19H,3H2,1-2H3,(H2,18,20).